The molecule has 6 heteroatoms. The van der Waals surface area contributed by atoms with Crippen LogP contribution in [0.15, 0.2) is 59.0 Å². The van der Waals surface area contributed by atoms with Crippen molar-refractivity contribution in [1.82, 2.24) is 9.55 Å². The van der Waals surface area contributed by atoms with Crippen molar-refractivity contribution in [2.45, 2.75) is 33.7 Å². The molecule has 0 aliphatic rings. The van der Waals surface area contributed by atoms with Crippen molar-refractivity contribution in [3.63, 3.8) is 0 Å². The second-order valence-corrected chi connectivity index (χ2v) is 8.49. The van der Waals surface area contributed by atoms with Crippen LogP contribution in [-0.4, -0.2) is 15.5 Å². The van der Waals surface area contributed by atoms with Gasteiger partial charge in [-0.25, -0.2) is 4.98 Å². The normalized spacial score (nSPS) is 12.1. The molecule has 0 fully saturated rings. The van der Waals surface area contributed by atoms with Gasteiger partial charge in [0.15, 0.2) is 0 Å². The van der Waals surface area contributed by atoms with Gasteiger partial charge >= 0.3 is 0 Å². The summed E-state index contributed by atoms with van der Waals surface area (Å²) in [6.45, 7) is 7.66. The molecular formula is C24H23N3O2S. The molecule has 1 unspecified atom stereocenters. The summed E-state index contributed by atoms with van der Waals surface area (Å²) < 4.78 is 1.41. The van der Waals surface area contributed by atoms with Gasteiger partial charge in [0, 0.05) is 16.6 Å². The molecular weight excluding hydrogens is 394 g/mol. The molecule has 0 saturated carbocycles. The van der Waals surface area contributed by atoms with Gasteiger partial charge in [-0.1, -0.05) is 42.0 Å². The number of aryl methyl sites for hydroxylation is 3. The van der Waals surface area contributed by atoms with Gasteiger partial charge in [0.2, 0.25) is 5.91 Å². The van der Waals surface area contributed by atoms with Gasteiger partial charge in [0.25, 0.3) is 5.56 Å². The van der Waals surface area contributed by atoms with Crippen molar-refractivity contribution in [2.24, 2.45) is 0 Å². The topological polar surface area (TPSA) is 64.0 Å². The zero-order valence-electron chi connectivity index (χ0n) is 17.4. The molecule has 2 aromatic carbocycles. The first-order chi connectivity index (χ1) is 14.3. The average molecular weight is 418 g/mol. The first kappa shape index (κ1) is 20.0. The minimum atomic E-state index is -0.694. The van der Waals surface area contributed by atoms with E-state index in [2.05, 4.69) is 10.3 Å². The van der Waals surface area contributed by atoms with Crippen molar-refractivity contribution in [1.29, 1.82) is 0 Å². The highest BCUT2D eigenvalue weighted by Gasteiger charge is 2.21. The number of hydrogen-bond acceptors (Lipinski definition) is 4. The molecule has 2 heterocycles. The van der Waals surface area contributed by atoms with E-state index in [9.17, 15) is 9.59 Å². The van der Waals surface area contributed by atoms with Gasteiger partial charge in [-0.3, -0.25) is 14.2 Å². The fourth-order valence-electron chi connectivity index (χ4n) is 3.40. The fourth-order valence-corrected chi connectivity index (χ4v) is 4.31. The van der Waals surface area contributed by atoms with Crippen LogP contribution in [0.25, 0.3) is 21.3 Å². The number of aromatic nitrogens is 2. The number of carbonyl (C=O) groups is 1. The Morgan fingerprint density at radius 1 is 1.07 bits per heavy atom. The molecule has 0 saturated heterocycles. The van der Waals surface area contributed by atoms with Crippen molar-refractivity contribution >= 4 is 33.1 Å². The summed E-state index contributed by atoms with van der Waals surface area (Å²) in [5.74, 6) is -0.251. The lowest BCUT2D eigenvalue weighted by atomic mass is 10.0. The van der Waals surface area contributed by atoms with E-state index in [1.54, 1.807) is 6.92 Å². The van der Waals surface area contributed by atoms with E-state index in [1.165, 1.54) is 22.2 Å². The van der Waals surface area contributed by atoms with Gasteiger partial charge < -0.3 is 5.32 Å². The molecule has 1 N–H and O–H groups in total. The van der Waals surface area contributed by atoms with Gasteiger partial charge in [0.1, 0.15) is 10.9 Å². The van der Waals surface area contributed by atoms with Crippen LogP contribution < -0.4 is 10.9 Å². The highest BCUT2D eigenvalue weighted by atomic mass is 32.1. The summed E-state index contributed by atoms with van der Waals surface area (Å²) in [5, 5.41) is 5.45. The molecule has 0 aliphatic carbocycles. The lowest BCUT2D eigenvalue weighted by Gasteiger charge is -2.16. The lowest BCUT2D eigenvalue weighted by Crippen LogP contribution is -2.31. The van der Waals surface area contributed by atoms with E-state index in [0.717, 1.165) is 33.5 Å². The number of anilines is 1. The second-order valence-electron chi connectivity index (χ2n) is 7.64. The Labute approximate surface area is 179 Å². The predicted molar refractivity (Wildman–Crippen MR) is 123 cm³/mol. The molecule has 2 aromatic heterocycles. The SMILES string of the molecule is Cc1ccc(-c2csc3ncn(C(C)C(=O)Nc4cc(C)ccc4C)c(=O)c23)cc1. The third-order valence-electron chi connectivity index (χ3n) is 5.33. The van der Waals surface area contributed by atoms with Crippen molar-refractivity contribution in [2.75, 3.05) is 5.32 Å². The number of nitrogens with one attached hydrogen (secondary N) is 1. The molecule has 152 valence electrons. The van der Waals surface area contributed by atoms with E-state index >= 15 is 0 Å². The van der Waals surface area contributed by atoms with Crippen molar-refractivity contribution < 1.29 is 4.79 Å². The molecule has 4 rings (SSSR count). The molecule has 0 aliphatic heterocycles. The zero-order valence-corrected chi connectivity index (χ0v) is 18.2. The Morgan fingerprint density at radius 2 is 1.77 bits per heavy atom. The van der Waals surface area contributed by atoms with E-state index in [0.29, 0.717) is 10.2 Å². The summed E-state index contributed by atoms with van der Waals surface area (Å²) in [4.78, 5) is 31.3. The van der Waals surface area contributed by atoms with Crippen LogP contribution in [0.2, 0.25) is 0 Å². The molecule has 30 heavy (non-hydrogen) atoms. The van der Waals surface area contributed by atoms with Crippen LogP contribution in [-0.2, 0) is 4.79 Å². The van der Waals surface area contributed by atoms with E-state index in [1.807, 2.05) is 68.6 Å². The van der Waals surface area contributed by atoms with Crippen LogP contribution in [0.3, 0.4) is 0 Å². The van der Waals surface area contributed by atoms with Crippen LogP contribution in [0.5, 0.6) is 0 Å². The predicted octanol–water partition coefficient (Wildman–Crippen LogP) is 5.25. The third kappa shape index (κ3) is 3.66. The largest absolute Gasteiger partial charge is 0.324 e. The van der Waals surface area contributed by atoms with Gasteiger partial charge in [-0.2, -0.15) is 0 Å². The van der Waals surface area contributed by atoms with Gasteiger partial charge in [0.05, 0.1) is 11.7 Å². The summed E-state index contributed by atoms with van der Waals surface area (Å²) >= 11 is 1.44. The maximum Gasteiger partial charge on any atom is 0.263 e. The van der Waals surface area contributed by atoms with Crippen molar-refractivity contribution in [3.8, 4) is 11.1 Å². The Balaban J connectivity index is 1.72. The number of rotatable bonds is 4. The van der Waals surface area contributed by atoms with Gasteiger partial charge in [-0.05, 0) is 50.5 Å². The Bertz CT molecular complexity index is 1300. The first-order valence-electron chi connectivity index (χ1n) is 9.78. The van der Waals surface area contributed by atoms with Gasteiger partial charge in [-0.15, -0.1) is 11.3 Å². The maximum atomic E-state index is 13.3. The number of benzene rings is 2. The second kappa shape index (κ2) is 7.88. The monoisotopic (exact) mass is 417 g/mol. The molecule has 1 amide bonds. The summed E-state index contributed by atoms with van der Waals surface area (Å²) in [5.41, 5.74) is 5.56. The Kier molecular flexibility index (Phi) is 5.26. The quantitative estimate of drug-likeness (QED) is 0.493. The maximum absolute atomic E-state index is 13.3. The highest BCUT2D eigenvalue weighted by molar-refractivity contribution is 7.17. The summed E-state index contributed by atoms with van der Waals surface area (Å²) in [7, 11) is 0. The van der Waals surface area contributed by atoms with Crippen LogP contribution in [0.1, 0.15) is 29.7 Å². The molecule has 0 spiro atoms. The fraction of sp³-hybridized carbons (Fsp3) is 0.208. The number of hydrogen-bond donors (Lipinski definition) is 1. The number of thiophene rings is 1. The third-order valence-corrected chi connectivity index (χ3v) is 6.22. The van der Waals surface area contributed by atoms with E-state index in [-0.39, 0.29) is 11.5 Å². The van der Waals surface area contributed by atoms with Crippen LogP contribution >= 0.6 is 11.3 Å². The Morgan fingerprint density at radius 3 is 2.50 bits per heavy atom. The van der Waals surface area contributed by atoms with Crippen molar-refractivity contribution in [3.05, 3.63) is 81.2 Å². The average Bonchev–Trinajstić information content (AvgIpc) is 3.16. The zero-order chi connectivity index (χ0) is 21.4. The molecule has 5 nitrogen and oxygen atoms in total. The summed E-state index contributed by atoms with van der Waals surface area (Å²) in [6, 6.07) is 13.3. The Hall–Kier alpha value is -3.25. The molecule has 1 atom stereocenters. The first-order valence-corrected chi connectivity index (χ1v) is 10.7. The standard InChI is InChI=1S/C24H23N3O2S/c1-14-6-9-18(10-7-14)19-12-30-23-21(19)24(29)27(13-25-23)17(4)22(28)26-20-11-15(2)5-8-16(20)3/h5-13,17H,1-4H3,(H,26,28). The molecule has 0 radical (unpaired) electrons. The van der Waals surface area contributed by atoms with Crippen LogP contribution in [0.4, 0.5) is 5.69 Å². The highest BCUT2D eigenvalue weighted by Crippen LogP contribution is 2.31. The van der Waals surface area contributed by atoms with E-state index in [4.69, 9.17) is 0 Å². The number of amides is 1. The smallest absolute Gasteiger partial charge is 0.263 e. The number of nitrogens with zero attached hydrogens (tertiary/aromatic N) is 2. The van der Waals surface area contributed by atoms with E-state index < -0.39 is 6.04 Å². The molecule has 4 aromatic rings. The minimum absolute atomic E-state index is 0.208. The molecule has 0 bridgehead atoms. The lowest BCUT2D eigenvalue weighted by molar-refractivity contribution is -0.118. The minimum Gasteiger partial charge on any atom is -0.324 e. The van der Waals surface area contributed by atoms with Crippen LogP contribution in [0, 0.1) is 20.8 Å². The summed E-state index contributed by atoms with van der Waals surface area (Å²) in [6.07, 6.45) is 1.47. The number of carbonyl (C=O) groups excluding carboxylic acids is 1. The number of fused-ring (bicyclic) bond motifs is 1.